The minimum atomic E-state index is -4.78. The molecular formula is C16H14F4N2O2. The van der Waals surface area contributed by atoms with Crippen molar-refractivity contribution < 1.29 is 27.1 Å². The molecule has 0 aliphatic carbocycles. The summed E-state index contributed by atoms with van der Waals surface area (Å²) in [4.78, 5) is 11.7. The van der Waals surface area contributed by atoms with Crippen LogP contribution in [0.25, 0.3) is 0 Å². The van der Waals surface area contributed by atoms with Crippen molar-refractivity contribution in [1.29, 1.82) is 0 Å². The molecule has 2 aromatic rings. The lowest BCUT2D eigenvalue weighted by Gasteiger charge is -2.11. The van der Waals surface area contributed by atoms with Crippen molar-refractivity contribution in [1.82, 2.24) is 5.32 Å². The fraction of sp³-hybridized carbons (Fsp3) is 0.188. The van der Waals surface area contributed by atoms with Crippen LogP contribution >= 0.6 is 0 Å². The third-order valence-corrected chi connectivity index (χ3v) is 2.95. The molecule has 0 aromatic heterocycles. The summed E-state index contributed by atoms with van der Waals surface area (Å²) >= 11 is 0. The van der Waals surface area contributed by atoms with E-state index in [-0.39, 0.29) is 24.5 Å². The van der Waals surface area contributed by atoms with E-state index in [2.05, 4.69) is 15.4 Å². The van der Waals surface area contributed by atoms with Gasteiger partial charge in [0.2, 0.25) is 5.91 Å². The van der Waals surface area contributed by atoms with Gasteiger partial charge in [0.15, 0.2) is 0 Å². The van der Waals surface area contributed by atoms with Crippen molar-refractivity contribution >= 4 is 11.6 Å². The highest BCUT2D eigenvalue weighted by Crippen LogP contribution is 2.24. The van der Waals surface area contributed by atoms with Crippen LogP contribution in [0.15, 0.2) is 48.5 Å². The number of alkyl halides is 3. The Kier molecular flexibility index (Phi) is 5.62. The zero-order chi connectivity index (χ0) is 17.6. The molecule has 0 fully saturated rings. The van der Waals surface area contributed by atoms with Gasteiger partial charge < -0.3 is 15.4 Å². The summed E-state index contributed by atoms with van der Waals surface area (Å²) in [7, 11) is 0. The molecule has 0 saturated carbocycles. The number of hydrogen-bond donors (Lipinski definition) is 2. The molecule has 0 aliphatic heterocycles. The first-order chi connectivity index (χ1) is 11.3. The maximum atomic E-state index is 13.4. The highest BCUT2D eigenvalue weighted by Gasteiger charge is 2.31. The lowest BCUT2D eigenvalue weighted by atomic mass is 10.2. The van der Waals surface area contributed by atoms with Crippen molar-refractivity contribution in [2.24, 2.45) is 0 Å². The fourth-order valence-corrected chi connectivity index (χ4v) is 1.88. The highest BCUT2D eigenvalue weighted by atomic mass is 19.4. The number of amides is 1. The van der Waals surface area contributed by atoms with Crippen LogP contribution in [0.5, 0.6) is 5.75 Å². The van der Waals surface area contributed by atoms with Crippen molar-refractivity contribution in [2.45, 2.75) is 12.9 Å². The summed E-state index contributed by atoms with van der Waals surface area (Å²) in [5.74, 6) is -1.25. The lowest BCUT2D eigenvalue weighted by molar-refractivity contribution is -0.274. The van der Waals surface area contributed by atoms with Crippen molar-refractivity contribution in [3.8, 4) is 5.75 Å². The zero-order valence-corrected chi connectivity index (χ0v) is 12.4. The largest absolute Gasteiger partial charge is 0.573 e. The molecule has 0 bridgehead atoms. The predicted molar refractivity (Wildman–Crippen MR) is 79.9 cm³/mol. The second kappa shape index (κ2) is 7.67. The summed E-state index contributed by atoms with van der Waals surface area (Å²) in [6.45, 7) is -0.158. The average molecular weight is 342 g/mol. The summed E-state index contributed by atoms with van der Waals surface area (Å²) in [6, 6.07) is 11.1. The number of anilines is 1. The van der Waals surface area contributed by atoms with Gasteiger partial charge in [0.1, 0.15) is 11.6 Å². The van der Waals surface area contributed by atoms with E-state index in [0.717, 1.165) is 12.1 Å². The third kappa shape index (κ3) is 5.79. The lowest BCUT2D eigenvalue weighted by Crippen LogP contribution is -2.29. The third-order valence-electron chi connectivity index (χ3n) is 2.95. The molecule has 2 rings (SSSR count). The van der Waals surface area contributed by atoms with E-state index >= 15 is 0 Å². The molecular weight excluding hydrogens is 328 g/mol. The molecule has 0 aliphatic rings. The van der Waals surface area contributed by atoms with Gasteiger partial charge >= 0.3 is 6.36 Å². The van der Waals surface area contributed by atoms with Crippen LogP contribution in [0.3, 0.4) is 0 Å². The SMILES string of the molecule is O=C(CNc1cccc(OC(F)(F)F)c1)NCc1ccccc1F. The summed E-state index contributed by atoms with van der Waals surface area (Å²) in [5.41, 5.74) is 0.629. The number of rotatable bonds is 6. The van der Waals surface area contributed by atoms with Crippen molar-refractivity contribution in [3.63, 3.8) is 0 Å². The Balaban J connectivity index is 1.83. The molecule has 0 spiro atoms. The van der Waals surface area contributed by atoms with Crippen LogP contribution < -0.4 is 15.4 Å². The van der Waals surface area contributed by atoms with Gasteiger partial charge in [-0.2, -0.15) is 0 Å². The van der Waals surface area contributed by atoms with Crippen LogP contribution in [-0.2, 0) is 11.3 Å². The van der Waals surface area contributed by atoms with Gasteiger partial charge in [0, 0.05) is 23.9 Å². The van der Waals surface area contributed by atoms with Gasteiger partial charge in [-0.25, -0.2) is 4.39 Å². The van der Waals surface area contributed by atoms with Crippen LogP contribution in [-0.4, -0.2) is 18.8 Å². The number of ether oxygens (including phenoxy) is 1. The van der Waals surface area contributed by atoms with Gasteiger partial charge in [-0.1, -0.05) is 24.3 Å². The number of carbonyl (C=O) groups excluding carboxylic acids is 1. The first kappa shape index (κ1) is 17.6. The van der Waals surface area contributed by atoms with E-state index < -0.39 is 18.1 Å². The number of halogens is 4. The number of hydrogen-bond acceptors (Lipinski definition) is 3. The van der Waals surface area contributed by atoms with Gasteiger partial charge in [0.25, 0.3) is 0 Å². The Labute approximate surface area is 135 Å². The van der Waals surface area contributed by atoms with E-state index in [0.29, 0.717) is 5.56 Å². The topological polar surface area (TPSA) is 50.4 Å². The van der Waals surface area contributed by atoms with E-state index in [1.165, 1.54) is 24.3 Å². The fourth-order valence-electron chi connectivity index (χ4n) is 1.88. The molecule has 2 N–H and O–H groups in total. The van der Waals surface area contributed by atoms with Crippen LogP contribution in [0.4, 0.5) is 23.2 Å². The monoisotopic (exact) mass is 342 g/mol. The van der Waals surface area contributed by atoms with Gasteiger partial charge in [0.05, 0.1) is 6.54 Å². The summed E-state index contributed by atoms with van der Waals surface area (Å²) in [5, 5.41) is 5.18. The molecule has 0 unspecified atom stereocenters. The Hall–Kier alpha value is -2.77. The Morgan fingerprint density at radius 2 is 1.83 bits per heavy atom. The molecule has 24 heavy (non-hydrogen) atoms. The zero-order valence-electron chi connectivity index (χ0n) is 12.4. The minimum absolute atomic E-state index is 0.0183. The predicted octanol–water partition coefficient (Wildman–Crippen LogP) is 3.45. The number of benzene rings is 2. The Bertz CT molecular complexity index is 704. The molecule has 8 heteroatoms. The second-order valence-electron chi connectivity index (χ2n) is 4.80. The van der Waals surface area contributed by atoms with E-state index in [4.69, 9.17) is 0 Å². The molecule has 0 heterocycles. The quantitative estimate of drug-likeness (QED) is 0.791. The molecule has 4 nitrogen and oxygen atoms in total. The van der Waals surface area contributed by atoms with E-state index in [1.54, 1.807) is 12.1 Å². The van der Waals surface area contributed by atoms with Gasteiger partial charge in [-0.3, -0.25) is 4.79 Å². The molecule has 1 amide bonds. The smallest absolute Gasteiger partial charge is 0.406 e. The highest BCUT2D eigenvalue weighted by molar-refractivity contribution is 5.80. The van der Waals surface area contributed by atoms with Crippen molar-refractivity contribution in [2.75, 3.05) is 11.9 Å². The molecule has 128 valence electrons. The molecule has 0 radical (unpaired) electrons. The maximum Gasteiger partial charge on any atom is 0.573 e. The normalized spacial score (nSPS) is 11.0. The van der Waals surface area contributed by atoms with Gasteiger partial charge in [-0.15, -0.1) is 13.2 Å². The summed E-state index contributed by atoms with van der Waals surface area (Å²) in [6.07, 6.45) is -4.78. The number of carbonyl (C=O) groups is 1. The first-order valence-corrected chi connectivity index (χ1v) is 6.93. The molecule has 2 aromatic carbocycles. The van der Waals surface area contributed by atoms with E-state index in [9.17, 15) is 22.4 Å². The van der Waals surface area contributed by atoms with Crippen LogP contribution in [0.1, 0.15) is 5.56 Å². The van der Waals surface area contributed by atoms with Crippen molar-refractivity contribution in [3.05, 3.63) is 59.9 Å². The second-order valence-corrected chi connectivity index (χ2v) is 4.80. The molecule has 0 atom stereocenters. The Morgan fingerprint density at radius 1 is 1.08 bits per heavy atom. The maximum absolute atomic E-state index is 13.4. The summed E-state index contributed by atoms with van der Waals surface area (Å²) < 4.78 is 53.6. The van der Waals surface area contributed by atoms with Crippen LogP contribution in [0.2, 0.25) is 0 Å². The van der Waals surface area contributed by atoms with E-state index in [1.807, 2.05) is 0 Å². The molecule has 0 saturated heterocycles. The first-order valence-electron chi connectivity index (χ1n) is 6.93. The minimum Gasteiger partial charge on any atom is -0.406 e. The number of nitrogens with one attached hydrogen (secondary N) is 2. The van der Waals surface area contributed by atoms with Gasteiger partial charge in [-0.05, 0) is 18.2 Å². The average Bonchev–Trinajstić information content (AvgIpc) is 2.51. The standard InChI is InChI=1S/C16H14F4N2O2/c17-14-7-2-1-4-11(14)9-22-15(23)10-21-12-5-3-6-13(8-12)24-16(18,19)20/h1-8,21H,9-10H2,(H,22,23). The van der Waals surface area contributed by atoms with Crippen LogP contribution in [0, 0.1) is 5.82 Å². The Morgan fingerprint density at radius 3 is 2.54 bits per heavy atom.